The molecule has 1 aliphatic rings. The molecule has 8 heteroatoms. The number of Topliss-reactive ketones (excluding diaryl/α,β-unsaturated/α-hetero) is 1. The molecule has 0 saturated carbocycles. The van der Waals surface area contributed by atoms with Crippen LogP contribution >= 0.6 is 0 Å². The minimum atomic E-state index is -0.506. The van der Waals surface area contributed by atoms with Gasteiger partial charge in [0, 0.05) is 37.4 Å². The molecule has 2 N–H and O–H groups in total. The van der Waals surface area contributed by atoms with E-state index in [4.69, 9.17) is 9.72 Å². The number of likely N-dealkylation sites (tertiary alicyclic amines) is 1. The zero-order valence-electron chi connectivity index (χ0n) is 20.1. The zero-order valence-corrected chi connectivity index (χ0v) is 20.1. The lowest BCUT2D eigenvalue weighted by Crippen LogP contribution is -2.40. The summed E-state index contributed by atoms with van der Waals surface area (Å²) < 4.78 is 5.37. The van der Waals surface area contributed by atoms with Gasteiger partial charge >= 0.3 is 6.09 Å². The number of carbonyl (C=O) groups excluding carboxylic acids is 2. The number of nitrogens with zero attached hydrogens (tertiary/aromatic N) is 3. The molecule has 178 valence electrons. The van der Waals surface area contributed by atoms with Crippen molar-refractivity contribution in [3.8, 4) is 11.3 Å². The summed E-state index contributed by atoms with van der Waals surface area (Å²) in [6, 6.07) is 8.24. The van der Waals surface area contributed by atoms with Crippen molar-refractivity contribution in [2.24, 2.45) is 0 Å². The van der Waals surface area contributed by atoms with Crippen LogP contribution < -0.4 is 5.32 Å². The number of hydrogen-bond donors (Lipinski definition) is 2. The fraction of sp³-hybridized carbons (Fsp3) is 0.385. The fourth-order valence-electron chi connectivity index (χ4n) is 4.09. The molecule has 0 spiro atoms. The quantitative estimate of drug-likeness (QED) is 0.415. The molecule has 1 aliphatic heterocycles. The van der Waals surface area contributed by atoms with Gasteiger partial charge in [0.15, 0.2) is 11.4 Å². The number of allylic oxidation sites excluding steroid dienone is 1. The summed E-state index contributed by atoms with van der Waals surface area (Å²) in [5.74, 6) is -0.143. The summed E-state index contributed by atoms with van der Waals surface area (Å²) >= 11 is 0. The number of aromatic nitrogens is 3. The van der Waals surface area contributed by atoms with Gasteiger partial charge in [-0.15, -0.1) is 0 Å². The van der Waals surface area contributed by atoms with Crippen molar-refractivity contribution in [2.45, 2.75) is 52.3 Å². The molecule has 8 nitrogen and oxygen atoms in total. The van der Waals surface area contributed by atoms with Crippen LogP contribution in [0, 0.1) is 0 Å². The molecule has 3 heterocycles. The molecule has 1 saturated heterocycles. The third-order valence-electron chi connectivity index (χ3n) is 5.64. The summed E-state index contributed by atoms with van der Waals surface area (Å²) in [4.78, 5) is 39.0. The maximum absolute atomic E-state index is 12.4. The number of hydrogen-bond acceptors (Lipinski definition) is 6. The predicted molar refractivity (Wildman–Crippen MR) is 132 cm³/mol. The molecule has 1 aromatic carbocycles. The van der Waals surface area contributed by atoms with Crippen LogP contribution in [-0.4, -0.2) is 56.5 Å². The SMILES string of the molecule is C=C(C)C(=O)c1c[nH]c2ncc(-c3cccc(CN4CCC(NC(=O)OC(C)(C)C)C4)c3)nc12. The molecular formula is C26H31N5O3. The monoisotopic (exact) mass is 461 g/mol. The van der Waals surface area contributed by atoms with E-state index in [1.54, 1.807) is 19.3 Å². The Morgan fingerprint density at radius 1 is 1.32 bits per heavy atom. The number of aromatic amines is 1. The van der Waals surface area contributed by atoms with Crippen LogP contribution in [0.15, 0.2) is 48.8 Å². The lowest BCUT2D eigenvalue weighted by Gasteiger charge is -2.22. The number of benzene rings is 1. The Labute approximate surface area is 199 Å². The van der Waals surface area contributed by atoms with E-state index >= 15 is 0 Å². The Hall–Kier alpha value is -3.52. The highest BCUT2D eigenvalue weighted by atomic mass is 16.6. The van der Waals surface area contributed by atoms with Gasteiger partial charge in [-0.3, -0.25) is 9.69 Å². The van der Waals surface area contributed by atoms with E-state index in [1.165, 1.54) is 0 Å². The number of alkyl carbamates (subject to hydrolysis) is 1. The minimum absolute atomic E-state index is 0.0733. The van der Waals surface area contributed by atoms with Crippen LogP contribution in [-0.2, 0) is 11.3 Å². The number of carbonyl (C=O) groups is 2. The lowest BCUT2D eigenvalue weighted by molar-refractivity contribution is 0.0505. The first-order valence-electron chi connectivity index (χ1n) is 11.4. The maximum Gasteiger partial charge on any atom is 0.407 e. The third-order valence-corrected chi connectivity index (χ3v) is 5.64. The van der Waals surface area contributed by atoms with Crippen molar-refractivity contribution in [2.75, 3.05) is 13.1 Å². The summed E-state index contributed by atoms with van der Waals surface area (Å²) in [7, 11) is 0. The van der Waals surface area contributed by atoms with Crippen molar-refractivity contribution in [1.29, 1.82) is 0 Å². The topological polar surface area (TPSA) is 100 Å². The van der Waals surface area contributed by atoms with Gasteiger partial charge in [-0.1, -0.05) is 24.8 Å². The van der Waals surface area contributed by atoms with E-state index in [1.807, 2.05) is 32.9 Å². The first-order chi connectivity index (χ1) is 16.1. The molecule has 0 aliphatic carbocycles. The van der Waals surface area contributed by atoms with E-state index in [-0.39, 0.29) is 17.9 Å². The lowest BCUT2D eigenvalue weighted by atomic mass is 10.1. The standard InChI is InChI=1S/C26H31N5O3/c1-16(2)23(32)20-12-27-24-22(20)30-21(13-28-24)18-8-6-7-17(11-18)14-31-10-9-19(15-31)29-25(33)34-26(3,4)5/h6-8,11-13,19H,1,9-10,14-15H2,2-5H3,(H,27,28)(H,29,33). The first kappa shape index (κ1) is 23.6. The molecule has 2 aromatic heterocycles. The molecule has 1 unspecified atom stereocenters. The average Bonchev–Trinajstić information content (AvgIpc) is 3.38. The number of nitrogens with one attached hydrogen (secondary N) is 2. The molecule has 1 amide bonds. The van der Waals surface area contributed by atoms with E-state index < -0.39 is 5.60 Å². The van der Waals surface area contributed by atoms with Gasteiger partial charge in [0.2, 0.25) is 0 Å². The molecular weight excluding hydrogens is 430 g/mol. The van der Waals surface area contributed by atoms with E-state index in [2.05, 4.69) is 38.9 Å². The van der Waals surface area contributed by atoms with Crippen LogP contribution in [0.5, 0.6) is 0 Å². The molecule has 4 rings (SSSR count). The van der Waals surface area contributed by atoms with Crippen LogP contribution in [0.3, 0.4) is 0 Å². The third kappa shape index (κ3) is 5.51. The highest BCUT2D eigenvalue weighted by Gasteiger charge is 2.26. The minimum Gasteiger partial charge on any atom is -0.444 e. The van der Waals surface area contributed by atoms with Gasteiger partial charge in [0.25, 0.3) is 0 Å². The number of fused-ring (bicyclic) bond motifs is 1. The normalized spacial score (nSPS) is 16.5. The summed E-state index contributed by atoms with van der Waals surface area (Å²) in [6.45, 7) is 13.4. The Bertz CT molecular complexity index is 1240. The van der Waals surface area contributed by atoms with E-state index in [9.17, 15) is 9.59 Å². The van der Waals surface area contributed by atoms with Crippen LogP contribution in [0.1, 0.15) is 50.0 Å². The van der Waals surface area contributed by atoms with Gasteiger partial charge < -0.3 is 15.0 Å². The van der Waals surface area contributed by atoms with Crippen LogP contribution in [0.25, 0.3) is 22.4 Å². The van der Waals surface area contributed by atoms with Gasteiger partial charge in [0.05, 0.1) is 17.5 Å². The second-order valence-corrected chi connectivity index (χ2v) is 9.83. The van der Waals surface area contributed by atoms with E-state index in [0.717, 1.165) is 37.2 Å². The highest BCUT2D eigenvalue weighted by Crippen LogP contribution is 2.24. The number of amides is 1. The van der Waals surface area contributed by atoms with Crippen molar-refractivity contribution in [3.63, 3.8) is 0 Å². The average molecular weight is 462 g/mol. The summed E-state index contributed by atoms with van der Waals surface area (Å²) in [5, 5.41) is 2.97. The summed E-state index contributed by atoms with van der Waals surface area (Å²) in [6.07, 6.45) is 3.86. The maximum atomic E-state index is 12.4. The van der Waals surface area contributed by atoms with Gasteiger partial charge in [0.1, 0.15) is 11.1 Å². The van der Waals surface area contributed by atoms with Crippen LogP contribution in [0.4, 0.5) is 4.79 Å². The first-order valence-corrected chi connectivity index (χ1v) is 11.4. The molecule has 0 radical (unpaired) electrons. The number of H-pyrrole nitrogens is 1. The number of rotatable bonds is 6. The van der Waals surface area contributed by atoms with Crippen molar-refractivity contribution in [3.05, 3.63) is 59.9 Å². The second kappa shape index (κ2) is 9.38. The van der Waals surface area contributed by atoms with E-state index in [0.29, 0.717) is 28.0 Å². The zero-order chi connectivity index (χ0) is 24.5. The number of ether oxygens (including phenoxy) is 1. The fourth-order valence-corrected chi connectivity index (χ4v) is 4.09. The Morgan fingerprint density at radius 2 is 2.12 bits per heavy atom. The number of ketones is 1. The molecule has 0 bridgehead atoms. The second-order valence-electron chi connectivity index (χ2n) is 9.83. The Balaban J connectivity index is 1.45. The summed E-state index contributed by atoms with van der Waals surface area (Å²) in [5.41, 5.74) is 4.34. The highest BCUT2D eigenvalue weighted by molar-refractivity contribution is 6.14. The van der Waals surface area contributed by atoms with Crippen molar-refractivity contribution >= 4 is 23.0 Å². The van der Waals surface area contributed by atoms with Gasteiger partial charge in [-0.2, -0.15) is 0 Å². The molecule has 1 fully saturated rings. The predicted octanol–water partition coefficient (Wildman–Crippen LogP) is 4.48. The van der Waals surface area contributed by atoms with Gasteiger partial charge in [-0.25, -0.2) is 14.8 Å². The molecule has 34 heavy (non-hydrogen) atoms. The van der Waals surface area contributed by atoms with Gasteiger partial charge in [-0.05, 0) is 51.3 Å². The van der Waals surface area contributed by atoms with Crippen molar-refractivity contribution in [1.82, 2.24) is 25.2 Å². The Morgan fingerprint density at radius 3 is 2.85 bits per heavy atom. The van der Waals surface area contributed by atoms with Crippen molar-refractivity contribution < 1.29 is 14.3 Å². The smallest absolute Gasteiger partial charge is 0.407 e. The molecule has 3 aromatic rings. The van der Waals surface area contributed by atoms with Crippen LogP contribution in [0.2, 0.25) is 0 Å². The molecule has 1 atom stereocenters. The largest absolute Gasteiger partial charge is 0.444 e. The Kier molecular flexibility index (Phi) is 6.52.